The number of anilines is 1. The molecule has 0 aromatic carbocycles. The van der Waals surface area contributed by atoms with Crippen LogP contribution in [0.4, 0.5) is 5.00 Å². The van der Waals surface area contributed by atoms with Crippen molar-refractivity contribution in [1.82, 2.24) is 4.98 Å². The summed E-state index contributed by atoms with van der Waals surface area (Å²) in [5, 5.41) is 12.9. The first kappa shape index (κ1) is 21.3. The van der Waals surface area contributed by atoms with Crippen LogP contribution < -0.4 is 5.32 Å². The second-order valence-electron chi connectivity index (χ2n) is 6.49. The molecule has 1 amide bonds. The Balaban J connectivity index is 1.76. The highest BCUT2D eigenvalue weighted by molar-refractivity contribution is 8.00. The topological polar surface area (TPSA) is 106 Å². The molecule has 0 aliphatic heterocycles. The van der Waals surface area contributed by atoms with Crippen molar-refractivity contribution in [2.75, 3.05) is 17.7 Å². The van der Waals surface area contributed by atoms with Crippen molar-refractivity contribution in [3.05, 3.63) is 39.9 Å². The number of carboxylic acid groups (broad SMARTS) is 1. The number of amides is 1. The van der Waals surface area contributed by atoms with E-state index in [1.807, 2.05) is 0 Å². The summed E-state index contributed by atoms with van der Waals surface area (Å²) in [5.74, 6) is -1.83. The molecule has 2 N–H and O–H groups in total. The summed E-state index contributed by atoms with van der Waals surface area (Å²) in [4.78, 5) is 41.5. The van der Waals surface area contributed by atoms with Gasteiger partial charge < -0.3 is 15.2 Å². The summed E-state index contributed by atoms with van der Waals surface area (Å²) in [6.07, 6.45) is 6.39. The average molecular weight is 435 g/mol. The number of ether oxygens (including phenoxy) is 1. The van der Waals surface area contributed by atoms with Gasteiger partial charge in [0.25, 0.3) is 0 Å². The largest absolute Gasteiger partial charge is 0.478 e. The van der Waals surface area contributed by atoms with Crippen LogP contribution in [0.2, 0.25) is 0 Å². The summed E-state index contributed by atoms with van der Waals surface area (Å²) < 4.78 is 5.22. The highest BCUT2D eigenvalue weighted by Gasteiger charge is 2.26. The quantitative estimate of drug-likeness (QED) is 0.385. The van der Waals surface area contributed by atoms with E-state index in [-0.39, 0.29) is 28.9 Å². The predicted molar refractivity (Wildman–Crippen MR) is 112 cm³/mol. The normalized spacial score (nSPS) is 13.3. The van der Waals surface area contributed by atoms with Crippen molar-refractivity contribution in [1.29, 1.82) is 0 Å². The molecule has 1 aliphatic carbocycles. The lowest BCUT2D eigenvalue weighted by Crippen LogP contribution is -2.17. The summed E-state index contributed by atoms with van der Waals surface area (Å²) in [6.45, 7) is 2.02. The van der Waals surface area contributed by atoms with Gasteiger partial charge in [0.2, 0.25) is 5.91 Å². The van der Waals surface area contributed by atoms with E-state index in [0.717, 1.165) is 54.3 Å². The van der Waals surface area contributed by atoms with E-state index >= 15 is 0 Å². The number of esters is 1. The Morgan fingerprint density at radius 3 is 2.83 bits per heavy atom. The molecule has 9 heteroatoms. The lowest BCUT2D eigenvalue weighted by molar-refractivity contribution is -0.113. The van der Waals surface area contributed by atoms with E-state index in [1.54, 1.807) is 6.92 Å². The Morgan fingerprint density at radius 2 is 2.07 bits per heavy atom. The van der Waals surface area contributed by atoms with Gasteiger partial charge in [0.05, 0.1) is 23.5 Å². The summed E-state index contributed by atoms with van der Waals surface area (Å²) in [6, 6.07) is 2.99. The molecule has 0 spiro atoms. The Morgan fingerprint density at radius 1 is 1.28 bits per heavy atom. The fourth-order valence-electron chi connectivity index (χ4n) is 3.22. The molecule has 0 saturated heterocycles. The minimum absolute atomic E-state index is 0.0118. The number of fused-ring (bicyclic) bond motifs is 1. The maximum atomic E-state index is 12.5. The Bertz CT molecular complexity index is 926. The Hall–Kier alpha value is -2.39. The molecular weight excluding hydrogens is 412 g/mol. The van der Waals surface area contributed by atoms with E-state index < -0.39 is 11.9 Å². The number of hydrogen-bond acceptors (Lipinski definition) is 7. The van der Waals surface area contributed by atoms with Gasteiger partial charge in [-0.1, -0.05) is 18.2 Å². The van der Waals surface area contributed by atoms with Crippen molar-refractivity contribution in [3.63, 3.8) is 0 Å². The molecule has 154 valence electrons. The molecule has 2 aromatic rings. The van der Waals surface area contributed by atoms with Crippen molar-refractivity contribution in [3.8, 4) is 0 Å². The van der Waals surface area contributed by atoms with Crippen LogP contribution in [0.5, 0.6) is 0 Å². The van der Waals surface area contributed by atoms with E-state index in [0.29, 0.717) is 10.6 Å². The first-order valence-electron chi connectivity index (χ1n) is 9.43. The summed E-state index contributed by atoms with van der Waals surface area (Å²) >= 11 is 2.49. The zero-order chi connectivity index (χ0) is 20.8. The highest BCUT2D eigenvalue weighted by atomic mass is 32.2. The van der Waals surface area contributed by atoms with Gasteiger partial charge in [0.1, 0.15) is 10.0 Å². The first-order chi connectivity index (χ1) is 14.0. The van der Waals surface area contributed by atoms with Gasteiger partial charge in [-0.2, -0.15) is 0 Å². The van der Waals surface area contributed by atoms with Crippen LogP contribution in [0, 0.1) is 0 Å². The fourth-order valence-corrected chi connectivity index (χ4v) is 5.29. The Kier molecular flexibility index (Phi) is 7.27. The molecule has 0 unspecified atom stereocenters. The molecule has 29 heavy (non-hydrogen) atoms. The van der Waals surface area contributed by atoms with Crippen molar-refractivity contribution in [2.24, 2.45) is 0 Å². The van der Waals surface area contributed by atoms with E-state index in [2.05, 4.69) is 10.3 Å². The fraction of sp³-hybridized carbons (Fsp3) is 0.400. The number of carbonyl (C=O) groups excluding carboxylic acids is 2. The SMILES string of the molecule is CCOC(=O)c1c(NC(=O)CSc2ncccc2C(=O)O)sc2c1CCCCC2. The maximum absolute atomic E-state index is 12.5. The van der Waals surface area contributed by atoms with Gasteiger partial charge in [-0.15, -0.1) is 11.3 Å². The van der Waals surface area contributed by atoms with Crippen molar-refractivity contribution < 1.29 is 24.2 Å². The molecule has 0 bridgehead atoms. The van der Waals surface area contributed by atoms with Gasteiger partial charge >= 0.3 is 11.9 Å². The molecule has 0 saturated carbocycles. The number of nitrogens with zero attached hydrogens (tertiary/aromatic N) is 1. The molecule has 2 heterocycles. The number of carboxylic acids is 1. The van der Waals surface area contributed by atoms with Gasteiger partial charge in [-0.3, -0.25) is 4.79 Å². The van der Waals surface area contributed by atoms with Crippen LogP contribution in [-0.2, 0) is 22.4 Å². The van der Waals surface area contributed by atoms with Gasteiger partial charge in [-0.05, 0) is 50.3 Å². The van der Waals surface area contributed by atoms with Crippen LogP contribution in [0.15, 0.2) is 23.4 Å². The molecule has 2 aromatic heterocycles. The number of thiophene rings is 1. The van der Waals surface area contributed by atoms with E-state index in [9.17, 15) is 19.5 Å². The van der Waals surface area contributed by atoms with Crippen molar-refractivity contribution >= 4 is 45.9 Å². The number of nitrogens with one attached hydrogen (secondary N) is 1. The second-order valence-corrected chi connectivity index (χ2v) is 8.56. The number of aromatic nitrogens is 1. The standard InChI is InChI=1S/C20H22N2O5S2/c1-2-27-20(26)16-12-7-4-3-5-9-14(12)29-18(16)22-15(23)11-28-17-13(19(24)25)8-6-10-21-17/h6,8,10H,2-5,7,9,11H2,1H3,(H,22,23)(H,24,25). The summed E-state index contributed by atoms with van der Waals surface area (Å²) in [7, 11) is 0. The van der Waals surface area contributed by atoms with Crippen LogP contribution in [0.1, 0.15) is 57.3 Å². The van der Waals surface area contributed by atoms with Gasteiger partial charge in [0, 0.05) is 11.1 Å². The first-order valence-corrected chi connectivity index (χ1v) is 11.2. The lowest BCUT2D eigenvalue weighted by atomic mass is 10.1. The molecule has 0 radical (unpaired) electrons. The highest BCUT2D eigenvalue weighted by Crippen LogP contribution is 2.38. The zero-order valence-corrected chi connectivity index (χ0v) is 17.7. The lowest BCUT2D eigenvalue weighted by Gasteiger charge is -2.09. The number of pyridine rings is 1. The number of rotatable bonds is 7. The number of aromatic carboxylic acids is 1. The second kappa shape index (κ2) is 9.89. The van der Waals surface area contributed by atoms with Gasteiger partial charge in [-0.25, -0.2) is 14.6 Å². The van der Waals surface area contributed by atoms with Crippen LogP contribution in [-0.4, -0.2) is 40.3 Å². The molecule has 0 atom stereocenters. The van der Waals surface area contributed by atoms with Crippen LogP contribution in [0.25, 0.3) is 0 Å². The predicted octanol–water partition coefficient (Wildman–Crippen LogP) is 4.02. The van der Waals surface area contributed by atoms with Crippen LogP contribution >= 0.6 is 23.1 Å². The molecule has 7 nitrogen and oxygen atoms in total. The third-order valence-corrected chi connectivity index (χ3v) is 6.71. The number of carbonyl (C=O) groups is 3. The minimum Gasteiger partial charge on any atom is -0.478 e. The molecule has 3 rings (SSSR count). The smallest absolute Gasteiger partial charge is 0.341 e. The van der Waals surface area contributed by atoms with Crippen molar-refractivity contribution in [2.45, 2.75) is 44.1 Å². The Labute approximate surface area is 176 Å². The summed E-state index contributed by atoms with van der Waals surface area (Å²) in [5.41, 5.74) is 1.52. The number of thioether (sulfide) groups is 1. The number of aryl methyl sites for hydroxylation is 1. The molecular formula is C20H22N2O5S2. The zero-order valence-electron chi connectivity index (χ0n) is 16.0. The molecule has 1 aliphatic rings. The molecule has 0 fully saturated rings. The minimum atomic E-state index is -1.09. The third kappa shape index (κ3) is 5.16. The third-order valence-electron chi connectivity index (χ3n) is 4.50. The van der Waals surface area contributed by atoms with E-state index in [4.69, 9.17) is 4.74 Å². The monoisotopic (exact) mass is 434 g/mol. The number of hydrogen-bond donors (Lipinski definition) is 2. The average Bonchev–Trinajstić information content (AvgIpc) is 2.87. The van der Waals surface area contributed by atoms with E-state index in [1.165, 1.54) is 29.7 Å². The van der Waals surface area contributed by atoms with Crippen LogP contribution in [0.3, 0.4) is 0 Å². The maximum Gasteiger partial charge on any atom is 0.341 e. The van der Waals surface area contributed by atoms with Gasteiger partial charge in [0.15, 0.2) is 0 Å².